The van der Waals surface area contributed by atoms with Gasteiger partial charge in [0.2, 0.25) is 0 Å². The molecule has 1 saturated heterocycles. The lowest BCUT2D eigenvalue weighted by atomic mass is 10.1. The molecule has 0 bridgehead atoms. The van der Waals surface area contributed by atoms with Gasteiger partial charge in [0, 0.05) is 17.5 Å². The molecule has 2 heterocycles. The molecule has 0 amide bonds. The molecule has 21 heavy (non-hydrogen) atoms. The number of benzene rings is 1. The van der Waals surface area contributed by atoms with E-state index < -0.39 is 11.7 Å². The monoisotopic (exact) mass is 314 g/mol. The lowest BCUT2D eigenvalue weighted by Gasteiger charge is -2.21. The first-order valence-corrected chi connectivity index (χ1v) is 7.36. The predicted molar refractivity (Wildman–Crippen MR) is 74.1 cm³/mol. The van der Waals surface area contributed by atoms with Gasteiger partial charge in [0.25, 0.3) is 0 Å². The van der Waals surface area contributed by atoms with Crippen LogP contribution in [0.4, 0.5) is 13.2 Å². The van der Waals surface area contributed by atoms with E-state index in [1.54, 1.807) is 11.4 Å². The number of aromatic nitrogens is 1. The average Bonchev–Trinajstić information content (AvgIpc) is 2.97. The number of rotatable bonds is 2. The van der Waals surface area contributed by atoms with Crippen LogP contribution in [0.25, 0.3) is 11.3 Å². The van der Waals surface area contributed by atoms with Gasteiger partial charge in [-0.2, -0.15) is 13.2 Å². The second-order valence-corrected chi connectivity index (χ2v) is 5.62. The number of halogens is 3. The Labute approximate surface area is 123 Å². The average molecular weight is 314 g/mol. The zero-order chi connectivity index (χ0) is 14.9. The Morgan fingerprint density at radius 3 is 2.90 bits per heavy atom. The second kappa shape index (κ2) is 5.75. The van der Waals surface area contributed by atoms with E-state index in [9.17, 15) is 13.2 Å². The van der Waals surface area contributed by atoms with Crippen molar-refractivity contribution in [2.24, 2.45) is 0 Å². The van der Waals surface area contributed by atoms with Crippen LogP contribution < -0.4 is 5.32 Å². The van der Waals surface area contributed by atoms with Crippen LogP contribution in [-0.2, 0) is 10.9 Å². The Balaban J connectivity index is 1.86. The number of alkyl halides is 3. The Kier molecular flexibility index (Phi) is 3.97. The molecule has 0 spiro atoms. The first-order chi connectivity index (χ1) is 10.0. The fourth-order valence-electron chi connectivity index (χ4n) is 2.16. The zero-order valence-electron chi connectivity index (χ0n) is 11.0. The van der Waals surface area contributed by atoms with Crippen molar-refractivity contribution < 1.29 is 17.9 Å². The highest BCUT2D eigenvalue weighted by Crippen LogP contribution is 2.33. The lowest BCUT2D eigenvalue weighted by molar-refractivity contribution is -0.137. The summed E-state index contributed by atoms with van der Waals surface area (Å²) in [4.78, 5) is 4.44. The maximum absolute atomic E-state index is 12.7. The predicted octanol–water partition coefficient (Wildman–Crippen LogP) is 3.49. The lowest BCUT2D eigenvalue weighted by Crippen LogP contribution is -2.34. The summed E-state index contributed by atoms with van der Waals surface area (Å²) in [6.07, 6.45) is -4.34. The van der Waals surface area contributed by atoms with Gasteiger partial charge < -0.3 is 10.1 Å². The topological polar surface area (TPSA) is 34.1 Å². The minimum Gasteiger partial charge on any atom is -0.378 e. The molecule has 112 valence electrons. The van der Waals surface area contributed by atoms with Gasteiger partial charge in [-0.05, 0) is 12.1 Å². The third-order valence-electron chi connectivity index (χ3n) is 3.23. The van der Waals surface area contributed by atoms with Crippen LogP contribution in [0.3, 0.4) is 0 Å². The van der Waals surface area contributed by atoms with Crippen molar-refractivity contribution in [2.45, 2.75) is 12.2 Å². The van der Waals surface area contributed by atoms with Crippen LogP contribution in [0.15, 0.2) is 29.6 Å². The van der Waals surface area contributed by atoms with Crippen LogP contribution in [0.5, 0.6) is 0 Å². The highest BCUT2D eigenvalue weighted by molar-refractivity contribution is 7.10. The maximum Gasteiger partial charge on any atom is 0.416 e. The van der Waals surface area contributed by atoms with Crippen LogP contribution in [0.1, 0.15) is 16.6 Å². The molecule has 0 saturated carbocycles. The van der Waals surface area contributed by atoms with Gasteiger partial charge in [-0.3, -0.25) is 0 Å². The van der Waals surface area contributed by atoms with E-state index in [1.165, 1.54) is 17.4 Å². The number of nitrogens with zero attached hydrogens (tertiary/aromatic N) is 1. The molecule has 0 radical (unpaired) electrons. The summed E-state index contributed by atoms with van der Waals surface area (Å²) in [5.74, 6) is 0. The van der Waals surface area contributed by atoms with Crippen LogP contribution in [-0.4, -0.2) is 24.7 Å². The summed E-state index contributed by atoms with van der Waals surface area (Å²) in [6.45, 7) is 1.96. The van der Waals surface area contributed by atoms with E-state index in [0.29, 0.717) is 24.5 Å². The van der Waals surface area contributed by atoms with E-state index in [2.05, 4.69) is 10.3 Å². The van der Waals surface area contributed by atoms with E-state index >= 15 is 0 Å². The molecule has 0 aliphatic carbocycles. The molecular weight excluding hydrogens is 301 g/mol. The van der Waals surface area contributed by atoms with E-state index in [4.69, 9.17) is 4.74 Å². The zero-order valence-corrected chi connectivity index (χ0v) is 11.8. The summed E-state index contributed by atoms with van der Waals surface area (Å²) in [5, 5.41) is 5.89. The molecule has 1 aliphatic rings. The van der Waals surface area contributed by atoms with Gasteiger partial charge in [0.05, 0.1) is 30.5 Å². The normalized spacial score (nSPS) is 19.7. The van der Waals surface area contributed by atoms with Gasteiger partial charge >= 0.3 is 6.18 Å². The molecule has 7 heteroatoms. The van der Waals surface area contributed by atoms with E-state index in [1.807, 2.05) is 0 Å². The van der Waals surface area contributed by atoms with Crippen LogP contribution in [0.2, 0.25) is 0 Å². The van der Waals surface area contributed by atoms with Crippen molar-refractivity contribution >= 4 is 11.3 Å². The van der Waals surface area contributed by atoms with Gasteiger partial charge in [0.1, 0.15) is 5.01 Å². The van der Waals surface area contributed by atoms with Crippen molar-refractivity contribution in [2.75, 3.05) is 19.8 Å². The third kappa shape index (κ3) is 3.25. The van der Waals surface area contributed by atoms with E-state index in [0.717, 1.165) is 23.7 Å². The second-order valence-electron chi connectivity index (χ2n) is 4.73. The minimum atomic E-state index is -4.34. The van der Waals surface area contributed by atoms with Crippen molar-refractivity contribution in [3.63, 3.8) is 0 Å². The van der Waals surface area contributed by atoms with Crippen molar-refractivity contribution in [1.82, 2.24) is 10.3 Å². The molecule has 1 aromatic heterocycles. The Morgan fingerprint density at radius 1 is 1.33 bits per heavy atom. The maximum atomic E-state index is 12.7. The molecule has 3 nitrogen and oxygen atoms in total. The molecule has 1 aliphatic heterocycles. The molecule has 1 atom stereocenters. The number of morpholine rings is 1. The summed E-state index contributed by atoms with van der Waals surface area (Å²) < 4.78 is 43.6. The first-order valence-electron chi connectivity index (χ1n) is 6.48. The fraction of sp³-hybridized carbons (Fsp3) is 0.357. The number of hydrogen-bond acceptors (Lipinski definition) is 4. The van der Waals surface area contributed by atoms with Gasteiger partial charge in [-0.15, -0.1) is 11.3 Å². The van der Waals surface area contributed by atoms with Crippen LogP contribution >= 0.6 is 11.3 Å². The molecular formula is C14H13F3N2OS. The summed E-state index contributed by atoms with van der Waals surface area (Å²) in [7, 11) is 0. The number of hydrogen-bond donors (Lipinski definition) is 1. The Bertz CT molecular complexity index is 621. The van der Waals surface area contributed by atoms with Crippen LogP contribution in [0, 0.1) is 0 Å². The fourth-order valence-corrected chi connectivity index (χ4v) is 3.05. The molecule has 1 aromatic carbocycles. The third-order valence-corrected chi connectivity index (χ3v) is 4.19. The van der Waals surface area contributed by atoms with E-state index in [-0.39, 0.29) is 6.04 Å². The molecule has 1 N–H and O–H groups in total. The Morgan fingerprint density at radius 2 is 2.19 bits per heavy atom. The van der Waals surface area contributed by atoms with Gasteiger partial charge in [-0.25, -0.2) is 4.98 Å². The quantitative estimate of drug-likeness (QED) is 0.921. The number of ether oxygens (including phenoxy) is 1. The largest absolute Gasteiger partial charge is 0.416 e. The first kappa shape index (κ1) is 14.5. The Hall–Kier alpha value is -1.44. The van der Waals surface area contributed by atoms with Gasteiger partial charge in [0.15, 0.2) is 0 Å². The minimum absolute atomic E-state index is 0.0169. The standard InChI is InChI=1S/C14H13F3N2OS/c15-14(16,17)10-3-1-2-9(6-10)12-8-21-13(19-12)11-7-20-5-4-18-11/h1-3,6,8,11,18H,4-5,7H2. The van der Waals surface area contributed by atoms with Gasteiger partial charge in [-0.1, -0.05) is 12.1 Å². The smallest absolute Gasteiger partial charge is 0.378 e. The summed E-state index contributed by atoms with van der Waals surface area (Å²) in [5.41, 5.74) is 0.381. The highest BCUT2D eigenvalue weighted by Gasteiger charge is 2.30. The molecule has 2 aromatic rings. The highest BCUT2D eigenvalue weighted by atomic mass is 32.1. The van der Waals surface area contributed by atoms with Crippen molar-refractivity contribution in [3.05, 3.63) is 40.2 Å². The molecule has 3 rings (SSSR count). The summed E-state index contributed by atoms with van der Waals surface area (Å²) >= 11 is 1.43. The number of nitrogens with one attached hydrogen (secondary N) is 1. The SMILES string of the molecule is FC(F)(F)c1cccc(-c2csc(C3COCCN3)n2)c1. The molecule has 1 unspecified atom stereocenters. The molecule has 1 fully saturated rings. The van der Waals surface area contributed by atoms with Crippen molar-refractivity contribution in [1.29, 1.82) is 0 Å². The summed E-state index contributed by atoms with van der Waals surface area (Å²) in [6, 6.07) is 5.25. The van der Waals surface area contributed by atoms with Crippen molar-refractivity contribution in [3.8, 4) is 11.3 Å². The number of thiazole rings is 1.